The second-order valence-electron chi connectivity index (χ2n) is 5.30. The summed E-state index contributed by atoms with van der Waals surface area (Å²) in [6.45, 7) is 5.82. The smallest absolute Gasteiger partial charge is 0.251 e. The fourth-order valence-corrected chi connectivity index (χ4v) is 2.96. The second-order valence-corrected chi connectivity index (χ2v) is 6.36. The summed E-state index contributed by atoms with van der Waals surface area (Å²) in [5, 5.41) is 10.7. The zero-order valence-corrected chi connectivity index (χ0v) is 14.5. The molecule has 0 bridgehead atoms. The van der Waals surface area contributed by atoms with Gasteiger partial charge in [0.25, 0.3) is 5.91 Å². The number of nitrogens with zero attached hydrogens (tertiary/aromatic N) is 2. The van der Waals surface area contributed by atoms with E-state index in [1.165, 1.54) is 0 Å². The van der Waals surface area contributed by atoms with Gasteiger partial charge in [-0.15, -0.1) is 11.3 Å². The van der Waals surface area contributed by atoms with Gasteiger partial charge in [0.1, 0.15) is 11.4 Å². The molecule has 3 aromatic rings. The third-order valence-electron chi connectivity index (χ3n) is 3.55. The van der Waals surface area contributed by atoms with E-state index in [4.69, 9.17) is 9.26 Å². The van der Waals surface area contributed by atoms with Gasteiger partial charge in [-0.2, -0.15) is 0 Å². The summed E-state index contributed by atoms with van der Waals surface area (Å²) < 4.78 is 10.6. The van der Waals surface area contributed by atoms with Crippen molar-refractivity contribution >= 4 is 28.2 Å². The molecule has 0 aliphatic rings. The van der Waals surface area contributed by atoms with Crippen LogP contribution >= 0.6 is 11.3 Å². The Balaban J connectivity index is 1.76. The lowest BCUT2D eigenvalue weighted by Gasteiger charge is -2.05. The number of carbonyl (C=O) groups excluding carboxylic acids is 1. The van der Waals surface area contributed by atoms with Crippen LogP contribution < -0.4 is 5.32 Å². The lowest BCUT2D eigenvalue weighted by atomic mass is 10.1. The van der Waals surface area contributed by atoms with Gasteiger partial charge in [0.05, 0.1) is 10.4 Å². The predicted octanol–water partition coefficient (Wildman–Crippen LogP) is 3.42. The number of nitrogens with one attached hydrogen (secondary N) is 1. The highest BCUT2D eigenvalue weighted by Crippen LogP contribution is 2.29. The average Bonchev–Trinajstić information content (AvgIpc) is 3.19. The number of thiazole rings is 1. The van der Waals surface area contributed by atoms with E-state index in [9.17, 15) is 4.79 Å². The molecule has 1 amide bonds. The molecular weight excluding hydrogens is 326 g/mol. The molecule has 0 fully saturated rings. The molecule has 126 valence electrons. The molecule has 0 spiro atoms. The van der Waals surface area contributed by atoms with Crippen LogP contribution in [0.2, 0.25) is 0 Å². The number of hydrogen-bond donors (Lipinski definition) is 1. The van der Waals surface area contributed by atoms with E-state index < -0.39 is 0 Å². The number of rotatable bonds is 7. The monoisotopic (exact) mass is 345 g/mol. The van der Waals surface area contributed by atoms with Crippen molar-refractivity contribution in [2.75, 3.05) is 19.8 Å². The highest BCUT2D eigenvalue weighted by molar-refractivity contribution is 7.09. The first-order valence-electron chi connectivity index (χ1n) is 7.87. The molecule has 2 heterocycles. The van der Waals surface area contributed by atoms with E-state index in [1.807, 2.05) is 19.2 Å². The molecule has 0 atom stereocenters. The van der Waals surface area contributed by atoms with Crippen molar-refractivity contribution in [3.63, 3.8) is 0 Å². The average molecular weight is 345 g/mol. The highest BCUT2D eigenvalue weighted by Gasteiger charge is 2.15. The van der Waals surface area contributed by atoms with Crippen LogP contribution in [-0.2, 0) is 4.74 Å². The van der Waals surface area contributed by atoms with Crippen molar-refractivity contribution in [2.45, 2.75) is 20.3 Å². The van der Waals surface area contributed by atoms with Crippen LogP contribution in [0.15, 0.2) is 28.1 Å². The second kappa shape index (κ2) is 7.55. The minimum atomic E-state index is -0.116. The van der Waals surface area contributed by atoms with Crippen molar-refractivity contribution in [3.05, 3.63) is 34.2 Å². The number of benzene rings is 1. The molecule has 0 aliphatic carbocycles. The molecule has 1 aromatic carbocycles. The standard InChI is InChI=1S/C17H19N3O3S/c1-3-22-8-4-7-18-17(21)12-5-6-15-13(9-12)16(20-23-15)14-10-24-11(2)19-14/h5-6,9-10H,3-4,7-8H2,1-2H3,(H,18,21). The Kier molecular flexibility index (Phi) is 5.22. The zero-order chi connectivity index (χ0) is 16.9. The van der Waals surface area contributed by atoms with Crippen LogP contribution in [0.1, 0.15) is 28.7 Å². The van der Waals surface area contributed by atoms with Crippen molar-refractivity contribution in [1.82, 2.24) is 15.5 Å². The minimum absolute atomic E-state index is 0.116. The fraction of sp³-hybridized carbons (Fsp3) is 0.353. The maximum atomic E-state index is 12.3. The third kappa shape index (κ3) is 3.63. The first-order valence-corrected chi connectivity index (χ1v) is 8.75. The van der Waals surface area contributed by atoms with Crippen LogP contribution in [0.5, 0.6) is 0 Å². The molecule has 7 heteroatoms. The molecular formula is C17H19N3O3S. The fourth-order valence-electron chi connectivity index (χ4n) is 2.36. The molecule has 1 N–H and O–H groups in total. The normalized spacial score (nSPS) is 11.1. The highest BCUT2D eigenvalue weighted by atomic mass is 32.1. The summed E-state index contributed by atoms with van der Waals surface area (Å²) in [4.78, 5) is 16.7. The summed E-state index contributed by atoms with van der Waals surface area (Å²) in [6, 6.07) is 5.30. The summed E-state index contributed by atoms with van der Waals surface area (Å²) in [6.07, 6.45) is 0.790. The molecule has 0 saturated heterocycles. The van der Waals surface area contributed by atoms with E-state index >= 15 is 0 Å². The number of carbonyl (C=O) groups is 1. The van der Waals surface area contributed by atoms with Crippen LogP contribution in [0.4, 0.5) is 0 Å². The maximum Gasteiger partial charge on any atom is 0.251 e. The molecule has 0 aliphatic heterocycles. The Bertz CT molecular complexity index is 841. The summed E-state index contributed by atoms with van der Waals surface area (Å²) in [5.41, 5.74) is 2.66. The number of aryl methyl sites for hydroxylation is 1. The van der Waals surface area contributed by atoms with Gasteiger partial charge in [-0.25, -0.2) is 4.98 Å². The van der Waals surface area contributed by atoms with Crippen molar-refractivity contribution in [3.8, 4) is 11.4 Å². The molecule has 0 radical (unpaired) electrons. The Morgan fingerprint density at radius 1 is 1.42 bits per heavy atom. The van der Waals surface area contributed by atoms with Gasteiger partial charge in [0, 0.05) is 30.7 Å². The maximum absolute atomic E-state index is 12.3. The minimum Gasteiger partial charge on any atom is -0.382 e. The molecule has 24 heavy (non-hydrogen) atoms. The van der Waals surface area contributed by atoms with E-state index in [1.54, 1.807) is 29.5 Å². The van der Waals surface area contributed by atoms with E-state index in [-0.39, 0.29) is 5.91 Å². The predicted molar refractivity (Wildman–Crippen MR) is 93.3 cm³/mol. The third-order valence-corrected chi connectivity index (χ3v) is 4.32. The number of amides is 1. The van der Waals surface area contributed by atoms with E-state index in [2.05, 4.69) is 15.5 Å². The lowest BCUT2D eigenvalue weighted by molar-refractivity contribution is 0.0944. The largest absolute Gasteiger partial charge is 0.382 e. The first-order chi connectivity index (χ1) is 11.7. The molecule has 6 nitrogen and oxygen atoms in total. The van der Waals surface area contributed by atoms with Crippen LogP contribution in [-0.4, -0.2) is 35.8 Å². The van der Waals surface area contributed by atoms with Gasteiger partial charge < -0.3 is 14.6 Å². The van der Waals surface area contributed by atoms with Gasteiger partial charge >= 0.3 is 0 Å². The lowest BCUT2D eigenvalue weighted by Crippen LogP contribution is -2.25. The van der Waals surface area contributed by atoms with Crippen molar-refractivity contribution in [1.29, 1.82) is 0 Å². The number of ether oxygens (including phenoxy) is 1. The van der Waals surface area contributed by atoms with Gasteiger partial charge in [-0.1, -0.05) is 5.16 Å². The topological polar surface area (TPSA) is 77.2 Å². The molecule has 0 unspecified atom stereocenters. The Morgan fingerprint density at radius 2 is 2.29 bits per heavy atom. The quantitative estimate of drug-likeness (QED) is 0.664. The Morgan fingerprint density at radius 3 is 3.04 bits per heavy atom. The van der Waals surface area contributed by atoms with Gasteiger partial charge in [-0.05, 0) is 38.5 Å². The van der Waals surface area contributed by atoms with Crippen molar-refractivity contribution in [2.24, 2.45) is 0 Å². The van der Waals surface area contributed by atoms with Gasteiger partial charge in [-0.3, -0.25) is 4.79 Å². The van der Waals surface area contributed by atoms with E-state index in [0.29, 0.717) is 36.6 Å². The summed E-state index contributed by atoms with van der Waals surface area (Å²) in [7, 11) is 0. The van der Waals surface area contributed by atoms with E-state index in [0.717, 1.165) is 22.5 Å². The number of fused-ring (bicyclic) bond motifs is 1. The Hall–Kier alpha value is -2.25. The van der Waals surface area contributed by atoms with Gasteiger partial charge in [0.2, 0.25) is 0 Å². The molecule has 2 aromatic heterocycles. The van der Waals surface area contributed by atoms with Crippen LogP contribution in [0, 0.1) is 6.92 Å². The SMILES string of the molecule is CCOCCCNC(=O)c1ccc2onc(-c3csc(C)n3)c2c1. The van der Waals surface area contributed by atoms with Crippen molar-refractivity contribution < 1.29 is 14.1 Å². The summed E-state index contributed by atoms with van der Waals surface area (Å²) in [5.74, 6) is -0.116. The molecule has 3 rings (SSSR count). The van der Waals surface area contributed by atoms with Gasteiger partial charge in [0.15, 0.2) is 5.58 Å². The Labute approximate surface area is 143 Å². The van der Waals surface area contributed by atoms with Crippen LogP contribution in [0.3, 0.4) is 0 Å². The first kappa shape index (κ1) is 16.6. The summed E-state index contributed by atoms with van der Waals surface area (Å²) >= 11 is 1.56. The molecule has 0 saturated carbocycles. The number of hydrogen-bond acceptors (Lipinski definition) is 6. The zero-order valence-electron chi connectivity index (χ0n) is 13.7. The van der Waals surface area contributed by atoms with Crippen LogP contribution in [0.25, 0.3) is 22.4 Å². The number of aromatic nitrogens is 2.